The van der Waals surface area contributed by atoms with Crippen LogP contribution in [-0.4, -0.2) is 6.04 Å². The maximum Gasteiger partial charge on any atom is 0.0261 e. The lowest BCUT2D eigenvalue weighted by molar-refractivity contribution is 0.370. The summed E-state index contributed by atoms with van der Waals surface area (Å²) in [5.41, 5.74) is 9.92. The molecule has 0 bridgehead atoms. The second-order valence-corrected chi connectivity index (χ2v) is 6.89. The summed E-state index contributed by atoms with van der Waals surface area (Å²) in [4.78, 5) is 0. The van der Waals surface area contributed by atoms with Gasteiger partial charge in [0, 0.05) is 6.04 Å². The van der Waals surface area contributed by atoms with Crippen molar-refractivity contribution in [1.29, 1.82) is 0 Å². The molecule has 0 fully saturated rings. The van der Waals surface area contributed by atoms with E-state index in [0.29, 0.717) is 0 Å². The van der Waals surface area contributed by atoms with Gasteiger partial charge in [-0.05, 0) is 35.7 Å². The summed E-state index contributed by atoms with van der Waals surface area (Å²) >= 11 is 0. The topological polar surface area (TPSA) is 26.0 Å². The Balaban J connectivity index is 3.23. The van der Waals surface area contributed by atoms with E-state index >= 15 is 0 Å². The maximum atomic E-state index is 6.29. The molecule has 1 aliphatic rings. The van der Waals surface area contributed by atoms with Crippen LogP contribution in [0.1, 0.15) is 60.8 Å². The average molecular weight is 209 g/mol. The van der Waals surface area contributed by atoms with Crippen LogP contribution in [0.5, 0.6) is 0 Å². The number of hydrogen-bond donors (Lipinski definition) is 1. The minimum Gasteiger partial charge on any atom is -0.324 e. The van der Waals surface area contributed by atoms with Crippen LogP contribution in [0.25, 0.3) is 0 Å². The van der Waals surface area contributed by atoms with Crippen LogP contribution in [0.4, 0.5) is 0 Å². The molecular formula is C14H27N. The van der Waals surface area contributed by atoms with E-state index in [1.54, 1.807) is 5.57 Å². The molecule has 1 aliphatic carbocycles. The van der Waals surface area contributed by atoms with Crippen molar-refractivity contribution in [1.82, 2.24) is 0 Å². The molecule has 0 heterocycles. The molecule has 0 radical (unpaired) electrons. The summed E-state index contributed by atoms with van der Waals surface area (Å²) in [6.45, 7) is 13.8. The smallest absolute Gasteiger partial charge is 0.0261 e. The van der Waals surface area contributed by atoms with Gasteiger partial charge in [0.05, 0.1) is 0 Å². The van der Waals surface area contributed by atoms with Gasteiger partial charge in [-0.2, -0.15) is 0 Å². The first kappa shape index (κ1) is 12.8. The Morgan fingerprint density at radius 2 is 1.53 bits per heavy atom. The molecule has 0 saturated heterocycles. The highest BCUT2D eigenvalue weighted by Gasteiger charge is 2.33. The van der Waals surface area contributed by atoms with Crippen LogP contribution in [0.2, 0.25) is 0 Å². The van der Waals surface area contributed by atoms with Crippen molar-refractivity contribution in [2.24, 2.45) is 16.6 Å². The average Bonchev–Trinajstić information content (AvgIpc) is 1.99. The van der Waals surface area contributed by atoms with Gasteiger partial charge in [-0.15, -0.1) is 0 Å². The molecule has 0 spiro atoms. The van der Waals surface area contributed by atoms with Crippen molar-refractivity contribution in [3.8, 4) is 0 Å². The summed E-state index contributed by atoms with van der Waals surface area (Å²) < 4.78 is 0. The molecule has 1 heteroatoms. The molecule has 15 heavy (non-hydrogen) atoms. The molecule has 1 unspecified atom stereocenters. The molecule has 0 aromatic carbocycles. The van der Waals surface area contributed by atoms with Gasteiger partial charge in [0.2, 0.25) is 0 Å². The van der Waals surface area contributed by atoms with Crippen LogP contribution in [0.15, 0.2) is 11.1 Å². The molecule has 1 atom stereocenters. The highest BCUT2D eigenvalue weighted by atomic mass is 14.7. The summed E-state index contributed by atoms with van der Waals surface area (Å²) in [5.74, 6) is 0. The van der Waals surface area contributed by atoms with Crippen LogP contribution in [0.3, 0.4) is 0 Å². The third-order valence-corrected chi connectivity index (χ3v) is 3.35. The molecule has 0 saturated carbocycles. The summed E-state index contributed by atoms with van der Waals surface area (Å²) in [6, 6.07) is 0.285. The van der Waals surface area contributed by atoms with Crippen LogP contribution >= 0.6 is 0 Å². The molecule has 1 nitrogen and oxygen atoms in total. The van der Waals surface area contributed by atoms with Crippen molar-refractivity contribution in [3.05, 3.63) is 11.1 Å². The summed E-state index contributed by atoms with van der Waals surface area (Å²) in [6.07, 6.45) is 3.66. The molecule has 2 N–H and O–H groups in total. The van der Waals surface area contributed by atoms with E-state index in [1.165, 1.54) is 18.4 Å². The zero-order valence-electron chi connectivity index (χ0n) is 11.3. The molecule has 1 rings (SSSR count). The van der Waals surface area contributed by atoms with Crippen molar-refractivity contribution >= 4 is 0 Å². The lowest BCUT2D eigenvalue weighted by Crippen LogP contribution is -2.36. The zero-order valence-corrected chi connectivity index (χ0v) is 11.3. The van der Waals surface area contributed by atoms with Gasteiger partial charge in [-0.1, -0.05) is 47.1 Å². The van der Waals surface area contributed by atoms with Crippen LogP contribution < -0.4 is 5.73 Å². The van der Waals surface area contributed by atoms with E-state index in [-0.39, 0.29) is 16.9 Å². The summed E-state index contributed by atoms with van der Waals surface area (Å²) in [7, 11) is 0. The van der Waals surface area contributed by atoms with E-state index < -0.39 is 0 Å². The van der Waals surface area contributed by atoms with Crippen molar-refractivity contribution < 1.29 is 0 Å². The third kappa shape index (κ3) is 2.84. The fourth-order valence-electron chi connectivity index (χ4n) is 2.79. The second-order valence-electron chi connectivity index (χ2n) is 6.89. The first-order valence-electron chi connectivity index (χ1n) is 6.13. The first-order chi connectivity index (χ1) is 6.64. The highest BCUT2D eigenvalue weighted by molar-refractivity contribution is 5.31. The molecular weight excluding hydrogens is 182 g/mol. The molecule has 0 aromatic rings. The van der Waals surface area contributed by atoms with E-state index in [0.717, 1.165) is 6.42 Å². The quantitative estimate of drug-likeness (QED) is 0.602. The lowest BCUT2D eigenvalue weighted by atomic mass is 9.67. The van der Waals surface area contributed by atoms with Crippen molar-refractivity contribution in [2.45, 2.75) is 66.8 Å². The van der Waals surface area contributed by atoms with E-state index in [9.17, 15) is 0 Å². The Bertz CT molecular complexity index is 260. The van der Waals surface area contributed by atoms with Crippen molar-refractivity contribution in [2.75, 3.05) is 0 Å². The van der Waals surface area contributed by atoms with Gasteiger partial charge < -0.3 is 5.73 Å². The molecule has 88 valence electrons. The molecule has 0 aromatic heterocycles. The SMILES string of the molecule is CC(C)(C)C1=C(C(C)(C)C)C(N)CCC1. The third-order valence-electron chi connectivity index (χ3n) is 3.35. The van der Waals surface area contributed by atoms with Gasteiger partial charge in [0.25, 0.3) is 0 Å². The van der Waals surface area contributed by atoms with E-state index in [4.69, 9.17) is 5.73 Å². The highest BCUT2D eigenvalue weighted by Crippen LogP contribution is 2.43. The number of rotatable bonds is 0. The van der Waals surface area contributed by atoms with Gasteiger partial charge in [-0.3, -0.25) is 0 Å². The minimum absolute atomic E-state index is 0.225. The Hall–Kier alpha value is -0.300. The van der Waals surface area contributed by atoms with Gasteiger partial charge in [0.15, 0.2) is 0 Å². The zero-order chi connectivity index (χ0) is 11.9. The normalized spacial score (nSPS) is 24.6. The second kappa shape index (κ2) is 3.93. The van der Waals surface area contributed by atoms with E-state index in [2.05, 4.69) is 41.5 Å². The standard InChI is InChI=1S/C14H27N/c1-13(2,3)10-8-7-9-11(15)12(10)14(4,5)6/h11H,7-9,15H2,1-6H3. The fraction of sp³-hybridized carbons (Fsp3) is 0.857. The Labute approximate surface area is 95.1 Å². The number of nitrogens with two attached hydrogens (primary N) is 1. The van der Waals surface area contributed by atoms with Crippen LogP contribution in [0, 0.1) is 10.8 Å². The Morgan fingerprint density at radius 1 is 1.00 bits per heavy atom. The van der Waals surface area contributed by atoms with Gasteiger partial charge in [0.1, 0.15) is 0 Å². The fourth-order valence-corrected chi connectivity index (χ4v) is 2.79. The summed E-state index contributed by atoms with van der Waals surface area (Å²) in [5, 5.41) is 0. The Morgan fingerprint density at radius 3 is 1.87 bits per heavy atom. The van der Waals surface area contributed by atoms with E-state index in [1.807, 2.05) is 0 Å². The number of allylic oxidation sites excluding steroid dienone is 1. The Kier molecular flexibility index (Phi) is 3.35. The predicted octanol–water partition coefficient (Wildman–Crippen LogP) is 3.89. The molecule has 0 aliphatic heterocycles. The first-order valence-corrected chi connectivity index (χ1v) is 6.13. The lowest BCUT2D eigenvalue weighted by Gasteiger charge is -2.39. The monoisotopic (exact) mass is 209 g/mol. The van der Waals surface area contributed by atoms with Gasteiger partial charge in [-0.25, -0.2) is 0 Å². The van der Waals surface area contributed by atoms with Crippen molar-refractivity contribution in [3.63, 3.8) is 0 Å². The maximum absolute atomic E-state index is 6.29. The van der Waals surface area contributed by atoms with Gasteiger partial charge >= 0.3 is 0 Å². The molecule has 0 amide bonds. The predicted molar refractivity (Wildman–Crippen MR) is 67.8 cm³/mol. The minimum atomic E-state index is 0.225. The number of hydrogen-bond acceptors (Lipinski definition) is 1. The largest absolute Gasteiger partial charge is 0.324 e. The van der Waals surface area contributed by atoms with Crippen LogP contribution in [-0.2, 0) is 0 Å².